The molecule has 1 N–H and O–H groups in total. The number of fused-ring (bicyclic) bond motifs is 1. The van der Waals surface area contributed by atoms with Gasteiger partial charge in [-0.15, -0.1) is 0 Å². The van der Waals surface area contributed by atoms with Crippen LogP contribution < -0.4 is 5.32 Å². The van der Waals surface area contributed by atoms with E-state index in [1.165, 1.54) is 18.9 Å². The lowest BCUT2D eigenvalue weighted by Crippen LogP contribution is -2.63. The Labute approximate surface area is 190 Å². The molecule has 2 fully saturated rings. The quantitative estimate of drug-likeness (QED) is 0.640. The Bertz CT molecular complexity index is 1250. The molecule has 3 heterocycles. The Morgan fingerprint density at radius 3 is 2.78 bits per heavy atom. The summed E-state index contributed by atoms with van der Waals surface area (Å²) < 4.78 is 16.2. The molecule has 5 rings (SSSR count). The fraction of sp³-hybridized carbons (Fsp3) is 0.375. The summed E-state index contributed by atoms with van der Waals surface area (Å²) in [5, 5.41) is 3.73. The maximum Gasteiger partial charge on any atom is 0.273 e. The Kier molecular flexibility index (Phi) is 4.97. The molecule has 2 amide bonds. The average Bonchev–Trinajstić information content (AvgIpc) is 3.51. The highest BCUT2D eigenvalue weighted by Crippen LogP contribution is 2.36. The van der Waals surface area contributed by atoms with Gasteiger partial charge in [-0.05, 0) is 62.4 Å². The minimum atomic E-state index is -0.950. The number of halogens is 2. The van der Waals surface area contributed by atoms with Crippen LogP contribution >= 0.6 is 11.6 Å². The number of hydrogen-bond donors (Lipinski definition) is 1. The number of nitrogens with one attached hydrogen (secondary N) is 1. The number of carbonyl (C=O) groups is 2. The van der Waals surface area contributed by atoms with Gasteiger partial charge in [0, 0.05) is 36.8 Å². The number of pyridine rings is 1. The smallest absolute Gasteiger partial charge is 0.273 e. The van der Waals surface area contributed by atoms with Gasteiger partial charge >= 0.3 is 0 Å². The van der Waals surface area contributed by atoms with Crippen LogP contribution in [-0.4, -0.2) is 44.9 Å². The zero-order valence-corrected chi connectivity index (χ0v) is 18.7. The molecular formula is C24H24ClFN4O2. The molecule has 2 aliphatic rings. The summed E-state index contributed by atoms with van der Waals surface area (Å²) >= 11 is 5.87. The number of carbonyl (C=O) groups excluding carboxylic acids is 2. The van der Waals surface area contributed by atoms with E-state index in [0.717, 1.165) is 17.5 Å². The third kappa shape index (κ3) is 3.54. The van der Waals surface area contributed by atoms with E-state index in [4.69, 9.17) is 16.6 Å². The highest BCUT2D eigenvalue weighted by Gasteiger charge is 2.41. The third-order valence-electron chi connectivity index (χ3n) is 6.42. The molecule has 1 aliphatic heterocycles. The van der Waals surface area contributed by atoms with Crippen molar-refractivity contribution in [1.29, 1.82) is 0 Å². The van der Waals surface area contributed by atoms with Gasteiger partial charge in [-0.25, -0.2) is 9.37 Å². The molecule has 1 aliphatic carbocycles. The molecular weight excluding hydrogens is 431 g/mol. The molecule has 0 atom stereocenters. The van der Waals surface area contributed by atoms with Crippen LogP contribution in [0.25, 0.3) is 22.2 Å². The molecule has 6 nitrogen and oxygen atoms in total. The minimum absolute atomic E-state index is 0.0784. The normalized spacial score (nSPS) is 18.1. The van der Waals surface area contributed by atoms with Gasteiger partial charge in [0.15, 0.2) is 0 Å². The van der Waals surface area contributed by atoms with Crippen molar-refractivity contribution in [2.24, 2.45) is 5.92 Å². The second-order valence-electron chi connectivity index (χ2n) is 9.11. The molecule has 3 aromatic rings. The molecule has 8 heteroatoms. The highest BCUT2D eigenvalue weighted by atomic mass is 35.5. The molecule has 1 aromatic carbocycles. The lowest BCUT2D eigenvalue weighted by molar-refractivity contribution is -0.133. The first-order valence-electron chi connectivity index (χ1n) is 10.8. The van der Waals surface area contributed by atoms with Crippen molar-refractivity contribution in [2.75, 3.05) is 13.1 Å². The van der Waals surface area contributed by atoms with Crippen LogP contribution in [0.5, 0.6) is 0 Å². The molecule has 0 spiro atoms. The first kappa shape index (κ1) is 20.9. The van der Waals surface area contributed by atoms with Crippen molar-refractivity contribution >= 4 is 34.4 Å². The van der Waals surface area contributed by atoms with Crippen LogP contribution in [0.3, 0.4) is 0 Å². The largest absolute Gasteiger partial charge is 0.352 e. The van der Waals surface area contributed by atoms with Crippen molar-refractivity contribution in [2.45, 2.75) is 38.8 Å². The number of aromatic nitrogens is 2. The van der Waals surface area contributed by atoms with Crippen LogP contribution in [0.2, 0.25) is 5.02 Å². The highest BCUT2D eigenvalue weighted by molar-refractivity contribution is 6.30. The summed E-state index contributed by atoms with van der Waals surface area (Å²) in [5.41, 5.74) is 1.59. The van der Waals surface area contributed by atoms with Crippen LogP contribution in [0.4, 0.5) is 4.39 Å². The van der Waals surface area contributed by atoms with Gasteiger partial charge in [-0.3, -0.25) is 9.59 Å². The molecule has 0 bridgehead atoms. The van der Waals surface area contributed by atoms with Gasteiger partial charge in [0.25, 0.3) is 5.91 Å². The zero-order chi connectivity index (χ0) is 22.6. The molecule has 0 unspecified atom stereocenters. The number of rotatable bonds is 4. The molecule has 1 saturated heterocycles. The predicted octanol–water partition coefficient (Wildman–Crippen LogP) is 4.26. The van der Waals surface area contributed by atoms with E-state index in [2.05, 4.69) is 9.88 Å². The second-order valence-corrected chi connectivity index (χ2v) is 9.51. The first-order valence-corrected chi connectivity index (χ1v) is 11.2. The summed E-state index contributed by atoms with van der Waals surface area (Å²) in [4.78, 5) is 31.9. The Morgan fingerprint density at radius 2 is 2.06 bits per heavy atom. The predicted molar refractivity (Wildman–Crippen MR) is 121 cm³/mol. The molecule has 1 saturated carbocycles. The van der Waals surface area contributed by atoms with E-state index in [1.54, 1.807) is 36.9 Å². The van der Waals surface area contributed by atoms with Gasteiger partial charge in [0.05, 0.1) is 5.02 Å². The van der Waals surface area contributed by atoms with Crippen molar-refractivity contribution in [3.8, 4) is 11.1 Å². The maximum absolute atomic E-state index is 14.1. The van der Waals surface area contributed by atoms with Gasteiger partial charge < -0.3 is 14.8 Å². The van der Waals surface area contributed by atoms with Crippen molar-refractivity contribution < 1.29 is 14.0 Å². The van der Waals surface area contributed by atoms with E-state index in [9.17, 15) is 14.0 Å². The topological polar surface area (TPSA) is 67.2 Å². The van der Waals surface area contributed by atoms with Crippen molar-refractivity contribution in [3.63, 3.8) is 0 Å². The summed E-state index contributed by atoms with van der Waals surface area (Å²) in [6.07, 6.45) is 4.31. The number of hydrogen-bond acceptors (Lipinski definition) is 3. The lowest BCUT2D eigenvalue weighted by atomic mass is 9.98. The molecule has 32 heavy (non-hydrogen) atoms. The minimum Gasteiger partial charge on any atom is -0.352 e. The summed E-state index contributed by atoms with van der Waals surface area (Å²) in [6, 6.07) is 8.30. The van der Waals surface area contributed by atoms with Crippen LogP contribution in [0.15, 0.2) is 36.5 Å². The molecule has 2 aromatic heterocycles. The Balaban J connectivity index is 1.59. The fourth-order valence-corrected chi connectivity index (χ4v) is 4.41. The monoisotopic (exact) mass is 454 g/mol. The van der Waals surface area contributed by atoms with Gasteiger partial charge in [-0.2, -0.15) is 0 Å². The molecule has 166 valence electrons. The SMILES string of the molecule is CC1(C)C(=O)NCCN1C(=O)c1ccc2c(-c3ccc(Cl)c(F)c3)cn(CC3CC3)c2n1. The maximum atomic E-state index is 14.1. The average molecular weight is 455 g/mol. The van der Waals surface area contributed by atoms with Crippen molar-refractivity contribution in [1.82, 2.24) is 19.8 Å². The number of benzene rings is 1. The van der Waals surface area contributed by atoms with E-state index in [1.807, 2.05) is 12.3 Å². The second kappa shape index (κ2) is 7.59. The third-order valence-corrected chi connectivity index (χ3v) is 6.73. The number of nitrogens with zero attached hydrogens (tertiary/aromatic N) is 3. The standard InChI is InChI=1S/C24H24ClFN4O2/c1-24(2)23(32)27-9-10-30(24)22(31)20-8-6-16-17(15-5-7-18(25)19(26)11-15)13-29(21(16)28-20)12-14-3-4-14/h5-8,11,13-14H,3-4,9-10,12H2,1-2H3,(H,27,32). The van der Waals surface area contributed by atoms with Gasteiger partial charge in [-0.1, -0.05) is 17.7 Å². The van der Waals surface area contributed by atoms with Crippen LogP contribution in [0, 0.1) is 11.7 Å². The summed E-state index contributed by atoms with van der Waals surface area (Å²) in [7, 11) is 0. The van der Waals surface area contributed by atoms with E-state index in [-0.39, 0.29) is 16.8 Å². The first-order chi connectivity index (χ1) is 15.3. The van der Waals surface area contributed by atoms with E-state index < -0.39 is 11.4 Å². The zero-order valence-electron chi connectivity index (χ0n) is 18.0. The van der Waals surface area contributed by atoms with Crippen molar-refractivity contribution in [3.05, 3.63) is 53.1 Å². The van der Waals surface area contributed by atoms with Crippen LogP contribution in [-0.2, 0) is 11.3 Å². The number of amides is 2. The summed E-state index contributed by atoms with van der Waals surface area (Å²) in [6.45, 7) is 5.12. The fourth-order valence-electron chi connectivity index (χ4n) is 4.29. The molecule has 0 radical (unpaired) electrons. The van der Waals surface area contributed by atoms with Crippen LogP contribution in [0.1, 0.15) is 37.2 Å². The van der Waals surface area contributed by atoms with E-state index >= 15 is 0 Å². The Hall–Kier alpha value is -2.93. The van der Waals surface area contributed by atoms with Gasteiger partial charge in [0.1, 0.15) is 22.7 Å². The lowest BCUT2D eigenvalue weighted by Gasteiger charge is -2.40. The summed E-state index contributed by atoms with van der Waals surface area (Å²) in [5.74, 6) is -0.337. The number of piperazine rings is 1. The Morgan fingerprint density at radius 1 is 1.28 bits per heavy atom. The van der Waals surface area contributed by atoms with E-state index in [0.29, 0.717) is 35.9 Å². The van der Waals surface area contributed by atoms with Gasteiger partial charge in [0.2, 0.25) is 5.91 Å².